The third-order valence-electron chi connectivity index (χ3n) is 3.23. The van der Waals surface area contributed by atoms with Crippen molar-refractivity contribution in [2.24, 2.45) is 0 Å². The predicted molar refractivity (Wildman–Crippen MR) is 93.9 cm³/mol. The topological polar surface area (TPSA) is 109 Å². The van der Waals surface area contributed by atoms with Gasteiger partial charge in [-0.1, -0.05) is 0 Å². The molecular weight excluding hydrogens is 346 g/mol. The van der Waals surface area contributed by atoms with Crippen LogP contribution in [-0.2, 0) is 10.0 Å². The number of benzene rings is 1. The lowest BCUT2D eigenvalue weighted by Crippen LogP contribution is -2.19. The van der Waals surface area contributed by atoms with E-state index >= 15 is 0 Å². The average Bonchev–Trinajstić information content (AvgIpc) is 2.55. The highest BCUT2D eigenvalue weighted by Crippen LogP contribution is 2.26. The van der Waals surface area contributed by atoms with E-state index in [-0.39, 0.29) is 16.1 Å². The monoisotopic (exact) mass is 365 g/mol. The van der Waals surface area contributed by atoms with Crippen LogP contribution in [0.1, 0.15) is 17.3 Å². The normalized spacial score (nSPS) is 11.0. The third-order valence-corrected chi connectivity index (χ3v) is 4.61. The molecular formula is C16H19N3O5S. The zero-order valence-corrected chi connectivity index (χ0v) is 14.9. The second kappa shape index (κ2) is 7.39. The highest BCUT2D eigenvalue weighted by molar-refractivity contribution is 7.92. The number of ether oxygens (including phenoxy) is 1. The fraction of sp³-hybridized carbons (Fsp3) is 0.250. The Morgan fingerprint density at radius 3 is 2.44 bits per heavy atom. The number of anilines is 2. The van der Waals surface area contributed by atoms with Gasteiger partial charge in [0.1, 0.15) is 5.75 Å². The Morgan fingerprint density at radius 2 is 1.92 bits per heavy atom. The van der Waals surface area contributed by atoms with Crippen LogP contribution in [-0.4, -0.2) is 45.2 Å². The molecule has 0 bridgehead atoms. The molecule has 8 nitrogen and oxygen atoms in total. The Bertz CT molecular complexity index is 864. The minimum absolute atomic E-state index is 0.0291. The number of carboxylic acids is 1. The van der Waals surface area contributed by atoms with Gasteiger partial charge in [-0.25, -0.2) is 18.2 Å². The number of rotatable bonds is 7. The molecule has 2 rings (SSSR count). The molecule has 0 aliphatic rings. The van der Waals surface area contributed by atoms with Crippen molar-refractivity contribution in [3.63, 3.8) is 0 Å². The number of carbonyl (C=O) groups is 1. The summed E-state index contributed by atoms with van der Waals surface area (Å²) < 4.78 is 32.8. The first-order chi connectivity index (χ1) is 11.7. The van der Waals surface area contributed by atoms with E-state index in [1.165, 1.54) is 24.4 Å². The molecule has 0 saturated heterocycles. The van der Waals surface area contributed by atoms with E-state index in [9.17, 15) is 13.2 Å². The quantitative estimate of drug-likeness (QED) is 0.773. The molecule has 1 heterocycles. The number of hydrogen-bond donors (Lipinski definition) is 2. The van der Waals surface area contributed by atoms with Crippen molar-refractivity contribution < 1.29 is 23.1 Å². The Morgan fingerprint density at radius 1 is 1.28 bits per heavy atom. The minimum atomic E-state index is -3.91. The first-order valence-corrected chi connectivity index (χ1v) is 8.89. The van der Waals surface area contributed by atoms with E-state index in [1.807, 2.05) is 6.92 Å². The lowest BCUT2D eigenvalue weighted by atomic mass is 10.2. The number of carboxylic acid groups (broad SMARTS) is 1. The van der Waals surface area contributed by atoms with Gasteiger partial charge in [-0.05, 0) is 37.3 Å². The number of pyridine rings is 1. The number of hydrogen-bond acceptors (Lipinski definition) is 6. The van der Waals surface area contributed by atoms with E-state index in [2.05, 4.69) is 9.71 Å². The van der Waals surface area contributed by atoms with Crippen LogP contribution in [0.3, 0.4) is 0 Å². The molecule has 0 radical (unpaired) electrons. The van der Waals surface area contributed by atoms with Gasteiger partial charge in [-0.3, -0.25) is 4.72 Å². The molecule has 0 unspecified atom stereocenters. The van der Waals surface area contributed by atoms with Crippen molar-refractivity contribution in [2.75, 3.05) is 30.3 Å². The predicted octanol–water partition coefficient (Wildman–Crippen LogP) is 2.05. The molecule has 0 spiro atoms. The fourth-order valence-electron chi connectivity index (χ4n) is 2.09. The maximum Gasteiger partial charge on any atom is 0.337 e. The highest BCUT2D eigenvalue weighted by Gasteiger charge is 2.19. The average molecular weight is 365 g/mol. The van der Waals surface area contributed by atoms with Gasteiger partial charge in [0, 0.05) is 20.3 Å². The van der Waals surface area contributed by atoms with Crippen LogP contribution >= 0.6 is 0 Å². The lowest BCUT2D eigenvalue weighted by Gasteiger charge is -2.18. The highest BCUT2D eigenvalue weighted by atomic mass is 32.2. The second-order valence-electron chi connectivity index (χ2n) is 5.30. The van der Waals surface area contributed by atoms with Crippen LogP contribution in [0.5, 0.6) is 5.75 Å². The summed E-state index contributed by atoms with van der Waals surface area (Å²) in [5, 5.41) is 9.09. The van der Waals surface area contributed by atoms with Gasteiger partial charge in [0.05, 0.1) is 22.8 Å². The summed E-state index contributed by atoms with van der Waals surface area (Å²) in [6, 6.07) is 7.17. The first-order valence-electron chi connectivity index (χ1n) is 7.41. The summed E-state index contributed by atoms with van der Waals surface area (Å²) in [6.07, 6.45) is 1.17. The summed E-state index contributed by atoms with van der Waals surface area (Å²) in [5.74, 6) is -0.330. The van der Waals surface area contributed by atoms with Crippen molar-refractivity contribution in [3.05, 3.63) is 42.1 Å². The van der Waals surface area contributed by atoms with E-state index in [0.717, 1.165) is 0 Å². The van der Waals surface area contributed by atoms with Crippen LogP contribution in [0.4, 0.5) is 11.5 Å². The standard InChI is InChI=1S/C16H19N3O5S/c1-4-24-12-5-7-13(8-6-12)25(22,23)18-14-9-11(16(20)21)10-17-15(14)19(2)3/h5-10,18H,4H2,1-3H3,(H,20,21). The van der Waals surface area contributed by atoms with Crippen LogP contribution in [0.15, 0.2) is 41.4 Å². The summed E-state index contributed by atoms with van der Waals surface area (Å²) in [4.78, 5) is 16.8. The number of nitrogens with one attached hydrogen (secondary N) is 1. The van der Waals surface area contributed by atoms with Gasteiger partial charge in [-0.15, -0.1) is 0 Å². The van der Waals surface area contributed by atoms with Crippen molar-refractivity contribution in [3.8, 4) is 5.75 Å². The van der Waals surface area contributed by atoms with Crippen LogP contribution in [0, 0.1) is 0 Å². The molecule has 2 aromatic rings. The maximum absolute atomic E-state index is 12.6. The molecule has 2 N–H and O–H groups in total. The molecule has 25 heavy (non-hydrogen) atoms. The number of aromatic carboxylic acids is 1. The van der Waals surface area contributed by atoms with Crippen molar-refractivity contribution in [1.82, 2.24) is 4.98 Å². The molecule has 0 atom stereocenters. The molecule has 1 aromatic heterocycles. The molecule has 0 saturated carbocycles. The van der Waals surface area contributed by atoms with Gasteiger partial charge < -0.3 is 14.7 Å². The van der Waals surface area contributed by atoms with Crippen molar-refractivity contribution in [1.29, 1.82) is 0 Å². The molecule has 134 valence electrons. The number of nitrogens with zero attached hydrogens (tertiary/aromatic N) is 2. The minimum Gasteiger partial charge on any atom is -0.494 e. The van der Waals surface area contributed by atoms with E-state index < -0.39 is 16.0 Å². The third kappa shape index (κ3) is 4.38. The molecule has 0 aliphatic heterocycles. The lowest BCUT2D eigenvalue weighted by molar-refractivity contribution is 0.0696. The van der Waals surface area contributed by atoms with Crippen LogP contribution < -0.4 is 14.4 Å². The van der Waals surface area contributed by atoms with Gasteiger partial charge in [0.15, 0.2) is 5.82 Å². The first kappa shape index (κ1) is 18.5. The van der Waals surface area contributed by atoms with E-state index in [4.69, 9.17) is 9.84 Å². The Hall–Kier alpha value is -2.81. The molecule has 0 aliphatic carbocycles. The maximum atomic E-state index is 12.6. The van der Waals surface area contributed by atoms with Crippen molar-refractivity contribution >= 4 is 27.5 Å². The fourth-order valence-corrected chi connectivity index (χ4v) is 3.14. The smallest absolute Gasteiger partial charge is 0.337 e. The number of sulfonamides is 1. The molecule has 0 amide bonds. The van der Waals surface area contributed by atoms with Gasteiger partial charge in [-0.2, -0.15) is 0 Å². The van der Waals surface area contributed by atoms with Gasteiger partial charge >= 0.3 is 5.97 Å². The van der Waals surface area contributed by atoms with Gasteiger partial charge in [0.2, 0.25) is 0 Å². The van der Waals surface area contributed by atoms with Crippen LogP contribution in [0.25, 0.3) is 0 Å². The number of aromatic nitrogens is 1. The molecule has 1 aromatic carbocycles. The summed E-state index contributed by atoms with van der Waals surface area (Å²) in [6.45, 7) is 2.31. The van der Waals surface area contributed by atoms with Crippen LogP contribution in [0.2, 0.25) is 0 Å². The summed E-state index contributed by atoms with van der Waals surface area (Å²) in [7, 11) is -0.553. The zero-order chi connectivity index (χ0) is 18.6. The van der Waals surface area contributed by atoms with E-state index in [1.54, 1.807) is 31.1 Å². The SMILES string of the molecule is CCOc1ccc(S(=O)(=O)Nc2cc(C(=O)O)cnc2N(C)C)cc1. The Kier molecular flexibility index (Phi) is 5.48. The molecule has 0 fully saturated rings. The second-order valence-corrected chi connectivity index (χ2v) is 6.99. The van der Waals surface area contributed by atoms with Gasteiger partial charge in [0.25, 0.3) is 10.0 Å². The molecule has 9 heteroatoms. The Labute approximate surface area is 146 Å². The zero-order valence-electron chi connectivity index (χ0n) is 14.1. The largest absolute Gasteiger partial charge is 0.494 e. The van der Waals surface area contributed by atoms with Crippen molar-refractivity contribution in [2.45, 2.75) is 11.8 Å². The Balaban J connectivity index is 2.39. The summed E-state index contributed by atoms with van der Waals surface area (Å²) >= 11 is 0. The summed E-state index contributed by atoms with van der Waals surface area (Å²) in [5.41, 5.74) is -0.0335. The van der Waals surface area contributed by atoms with E-state index in [0.29, 0.717) is 18.2 Å².